The Kier molecular flexibility index (Phi) is 3.69. The van der Waals surface area contributed by atoms with E-state index in [9.17, 15) is 9.59 Å². The maximum absolute atomic E-state index is 11.7. The van der Waals surface area contributed by atoms with E-state index in [1.807, 2.05) is 0 Å². The predicted molar refractivity (Wildman–Crippen MR) is 56.7 cm³/mol. The fraction of sp³-hybridized carbons (Fsp3) is 0.600. The van der Waals surface area contributed by atoms with E-state index in [4.69, 9.17) is 4.52 Å². The summed E-state index contributed by atoms with van der Waals surface area (Å²) in [7, 11) is 0. The third-order valence-corrected chi connectivity index (χ3v) is 2.68. The van der Waals surface area contributed by atoms with Crippen molar-refractivity contribution in [2.45, 2.75) is 19.3 Å². The lowest BCUT2D eigenvalue weighted by Crippen LogP contribution is -2.43. The number of carbonyl (C=O) groups excluding carboxylic acids is 2. The summed E-state index contributed by atoms with van der Waals surface area (Å²) < 4.78 is 4.81. The van der Waals surface area contributed by atoms with Crippen LogP contribution in [0.2, 0.25) is 0 Å². The van der Waals surface area contributed by atoms with Crippen LogP contribution in [0.3, 0.4) is 0 Å². The standard InChI is InChI=1S/C10H14N4O3/c15-8-2-1-7(5-12-8)10(16)11-4-3-9-13-6-14-17-9/h6-7H,1-5H2,(H,11,16)(H,12,15). The van der Waals surface area contributed by atoms with E-state index in [0.717, 1.165) is 0 Å². The second-order valence-corrected chi connectivity index (χ2v) is 3.92. The lowest BCUT2D eigenvalue weighted by Gasteiger charge is -2.21. The van der Waals surface area contributed by atoms with Gasteiger partial charge in [0.15, 0.2) is 6.33 Å². The smallest absolute Gasteiger partial charge is 0.228 e. The van der Waals surface area contributed by atoms with Gasteiger partial charge in [0.25, 0.3) is 0 Å². The SMILES string of the molecule is O=C1CCC(C(=O)NCCc2ncno2)CN1. The van der Waals surface area contributed by atoms with Crippen molar-refractivity contribution in [2.24, 2.45) is 5.92 Å². The number of aromatic nitrogens is 2. The van der Waals surface area contributed by atoms with Gasteiger partial charge in [-0.25, -0.2) is 0 Å². The fourth-order valence-corrected chi connectivity index (χ4v) is 1.70. The molecule has 2 rings (SSSR count). The fourth-order valence-electron chi connectivity index (χ4n) is 1.70. The first kappa shape index (κ1) is 11.6. The van der Waals surface area contributed by atoms with Crippen LogP contribution in [0.5, 0.6) is 0 Å². The summed E-state index contributed by atoms with van der Waals surface area (Å²) >= 11 is 0. The van der Waals surface area contributed by atoms with Crippen molar-refractivity contribution in [3.63, 3.8) is 0 Å². The van der Waals surface area contributed by atoms with Gasteiger partial charge in [-0.15, -0.1) is 0 Å². The Morgan fingerprint density at radius 3 is 3.18 bits per heavy atom. The molecule has 1 aliphatic rings. The van der Waals surface area contributed by atoms with Crippen LogP contribution in [0.1, 0.15) is 18.7 Å². The highest BCUT2D eigenvalue weighted by molar-refractivity contribution is 5.83. The third kappa shape index (κ3) is 3.27. The quantitative estimate of drug-likeness (QED) is 0.719. The Labute approximate surface area is 98.0 Å². The first-order valence-electron chi connectivity index (χ1n) is 5.55. The van der Waals surface area contributed by atoms with Crippen LogP contribution in [-0.4, -0.2) is 35.0 Å². The van der Waals surface area contributed by atoms with E-state index in [1.165, 1.54) is 6.33 Å². The minimum Gasteiger partial charge on any atom is -0.355 e. The van der Waals surface area contributed by atoms with Crippen molar-refractivity contribution in [2.75, 3.05) is 13.1 Å². The van der Waals surface area contributed by atoms with E-state index in [-0.39, 0.29) is 17.7 Å². The van der Waals surface area contributed by atoms with Crippen molar-refractivity contribution >= 4 is 11.8 Å². The first-order chi connectivity index (χ1) is 8.25. The minimum absolute atomic E-state index is 0.0138. The molecule has 7 heteroatoms. The third-order valence-electron chi connectivity index (χ3n) is 2.68. The predicted octanol–water partition coefficient (Wildman–Crippen LogP) is -0.745. The minimum atomic E-state index is -0.129. The van der Waals surface area contributed by atoms with Gasteiger partial charge in [-0.2, -0.15) is 4.98 Å². The molecular formula is C10H14N4O3. The number of nitrogens with zero attached hydrogens (tertiary/aromatic N) is 2. The zero-order valence-corrected chi connectivity index (χ0v) is 9.31. The van der Waals surface area contributed by atoms with Crippen molar-refractivity contribution in [3.05, 3.63) is 12.2 Å². The Bertz CT molecular complexity index is 380. The molecule has 1 atom stereocenters. The summed E-state index contributed by atoms with van der Waals surface area (Å²) in [5.41, 5.74) is 0. The van der Waals surface area contributed by atoms with Crippen LogP contribution in [0, 0.1) is 5.92 Å². The summed E-state index contributed by atoms with van der Waals surface area (Å²) in [5, 5.41) is 8.94. The second-order valence-electron chi connectivity index (χ2n) is 3.92. The molecule has 1 aliphatic heterocycles. The molecule has 0 aliphatic carbocycles. The number of carbonyl (C=O) groups is 2. The highest BCUT2D eigenvalue weighted by Gasteiger charge is 2.23. The number of amides is 2. The molecular weight excluding hydrogens is 224 g/mol. The normalized spacial score (nSPS) is 19.8. The molecule has 2 heterocycles. The molecule has 0 saturated carbocycles. The van der Waals surface area contributed by atoms with Gasteiger partial charge in [-0.3, -0.25) is 9.59 Å². The van der Waals surface area contributed by atoms with E-state index < -0.39 is 0 Å². The molecule has 1 saturated heterocycles. The molecule has 2 amide bonds. The van der Waals surface area contributed by atoms with Gasteiger partial charge in [0.1, 0.15) is 0 Å². The van der Waals surface area contributed by atoms with Crippen molar-refractivity contribution in [3.8, 4) is 0 Å². The molecule has 92 valence electrons. The molecule has 1 aromatic heterocycles. The summed E-state index contributed by atoms with van der Waals surface area (Å²) in [4.78, 5) is 26.5. The van der Waals surface area contributed by atoms with Gasteiger partial charge < -0.3 is 15.2 Å². The average molecular weight is 238 g/mol. The second kappa shape index (κ2) is 5.42. The first-order valence-corrected chi connectivity index (χ1v) is 5.55. The molecule has 0 aromatic carbocycles. The molecule has 1 unspecified atom stereocenters. The topological polar surface area (TPSA) is 97.1 Å². The van der Waals surface area contributed by atoms with Gasteiger partial charge in [0.05, 0.1) is 5.92 Å². The number of hydrogen-bond donors (Lipinski definition) is 2. The molecule has 17 heavy (non-hydrogen) atoms. The van der Waals surface area contributed by atoms with E-state index in [2.05, 4.69) is 20.8 Å². The number of rotatable bonds is 4. The Morgan fingerprint density at radius 1 is 1.65 bits per heavy atom. The molecule has 0 radical (unpaired) electrons. The highest BCUT2D eigenvalue weighted by Crippen LogP contribution is 2.10. The van der Waals surface area contributed by atoms with Gasteiger partial charge in [0.2, 0.25) is 17.7 Å². The van der Waals surface area contributed by atoms with Crippen LogP contribution in [0.25, 0.3) is 0 Å². The van der Waals surface area contributed by atoms with Crippen LogP contribution < -0.4 is 10.6 Å². The summed E-state index contributed by atoms with van der Waals surface area (Å²) in [6.07, 6.45) is 2.87. The molecule has 0 spiro atoms. The van der Waals surface area contributed by atoms with Crippen LogP contribution >= 0.6 is 0 Å². The summed E-state index contributed by atoms with van der Waals surface area (Å²) in [5.74, 6) is 0.349. The summed E-state index contributed by atoms with van der Waals surface area (Å²) in [6.45, 7) is 0.886. The van der Waals surface area contributed by atoms with E-state index in [1.54, 1.807) is 0 Å². The number of nitrogens with one attached hydrogen (secondary N) is 2. The maximum Gasteiger partial charge on any atom is 0.228 e. The van der Waals surface area contributed by atoms with Crippen LogP contribution in [0.4, 0.5) is 0 Å². The average Bonchev–Trinajstić information content (AvgIpc) is 2.83. The van der Waals surface area contributed by atoms with Crippen LogP contribution in [-0.2, 0) is 16.0 Å². The summed E-state index contributed by atoms with van der Waals surface area (Å²) in [6, 6.07) is 0. The lowest BCUT2D eigenvalue weighted by atomic mass is 9.98. The molecule has 1 fully saturated rings. The van der Waals surface area contributed by atoms with Gasteiger partial charge in [-0.05, 0) is 6.42 Å². The molecule has 0 bridgehead atoms. The maximum atomic E-state index is 11.7. The van der Waals surface area contributed by atoms with Gasteiger partial charge in [-0.1, -0.05) is 5.16 Å². The van der Waals surface area contributed by atoms with E-state index in [0.29, 0.717) is 38.2 Å². The van der Waals surface area contributed by atoms with Crippen LogP contribution in [0.15, 0.2) is 10.9 Å². The monoisotopic (exact) mass is 238 g/mol. The Morgan fingerprint density at radius 2 is 2.53 bits per heavy atom. The van der Waals surface area contributed by atoms with Gasteiger partial charge >= 0.3 is 0 Å². The number of piperidine rings is 1. The van der Waals surface area contributed by atoms with E-state index >= 15 is 0 Å². The van der Waals surface area contributed by atoms with Gasteiger partial charge in [0, 0.05) is 25.9 Å². The Balaban J connectivity index is 1.68. The largest absolute Gasteiger partial charge is 0.355 e. The lowest BCUT2D eigenvalue weighted by molar-refractivity contribution is -0.128. The molecule has 1 aromatic rings. The van der Waals surface area contributed by atoms with Crippen molar-refractivity contribution in [1.82, 2.24) is 20.8 Å². The van der Waals surface area contributed by atoms with Crippen molar-refractivity contribution in [1.29, 1.82) is 0 Å². The highest BCUT2D eigenvalue weighted by atomic mass is 16.5. The zero-order valence-electron chi connectivity index (χ0n) is 9.31. The molecule has 2 N–H and O–H groups in total. The zero-order chi connectivity index (χ0) is 12.1. The number of hydrogen-bond acceptors (Lipinski definition) is 5. The molecule has 7 nitrogen and oxygen atoms in total. The Hall–Kier alpha value is -1.92. The van der Waals surface area contributed by atoms with Crippen molar-refractivity contribution < 1.29 is 14.1 Å².